The van der Waals surface area contributed by atoms with Crippen LogP contribution in [0.3, 0.4) is 0 Å². The van der Waals surface area contributed by atoms with Gasteiger partial charge in [-0.3, -0.25) is 19.2 Å². The summed E-state index contributed by atoms with van der Waals surface area (Å²) in [4.78, 5) is 58.3. The number of benzene rings is 9. The van der Waals surface area contributed by atoms with Crippen molar-refractivity contribution in [1.82, 2.24) is 0 Å². The summed E-state index contributed by atoms with van der Waals surface area (Å²) in [5.74, 6) is -30.9. The van der Waals surface area contributed by atoms with Gasteiger partial charge in [0.05, 0.1) is 11.1 Å². The summed E-state index contributed by atoms with van der Waals surface area (Å²) >= 11 is 0. The van der Waals surface area contributed by atoms with E-state index in [1.54, 1.807) is 48.5 Å². The standard InChI is InChI=1S/C56H32F10N2O6/c1-55(2,3)21-7-11-23(12-8-21)73-31-19-29-33-27(51(69)67(53(29)71)49-45(63)41(59)39(57)42(60)46(49)64)18-16-26-36-32(74-24-13-9-22(10-14-24)56(4,5)6)20-30-34-28(17-15-25(38(34)36)35(31)37(26)33)52(70)68(54(30)72)50-47(65)43(61)40(58)44(62)48(50)66/h7-20H,1-6H3. The fourth-order valence-corrected chi connectivity index (χ4v) is 9.84. The number of carbonyl (C=O) groups excluding carboxylic acids is 4. The Morgan fingerprint density at radius 1 is 0.338 bits per heavy atom. The van der Waals surface area contributed by atoms with Gasteiger partial charge in [-0.15, -0.1) is 0 Å². The normalized spacial score (nSPS) is 14.0. The second-order valence-electron chi connectivity index (χ2n) is 19.9. The Morgan fingerprint density at radius 3 is 0.919 bits per heavy atom. The highest BCUT2D eigenvalue weighted by atomic mass is 19.2. The average Bonchev–Trinajstić information content (AvgIpc) is 3.36. The molecule has 2 aliphatic heterocycles. The number of imide groups is 2. The van der Waals surface area contributed by atoms with Gasteiger partial charge in [0.2, 0.25) is 11.6 Å². The highest BCUT2D eigenvalue weighted by Gasteiger charge is 2.45. The Kier molecular flexibility index (Phi) is 10.3. The summed E-state index contributed by atoms with van der Waals surface area (Å²) < 4.78 is 163. The van der Waals surface area contributed by atoms with Gasteiger partial charge >= 0.3 is 0 Å². The van der Waals surface area contributed by atoms with Crippen molar-refractivity contribution < 1.29 is 72.6 Å². The fourth-order valence-electron chi connectivity index (χ4n) is 9.84. The van der Waals surface area contributed by atoms with Crippen molar-refractivity contribution in [2.24, 2.45) is 0 Å². The molecule has 18 heteroatoms. The van der Waals surface area contributed by atoms with E-state index in [4.69, 9.17) is 9.47 Å². The van der Waals surface area contributed by atoms with Crippen molar-refractivity contribution in [3.05, 3.63) is 176 Å². The number of ether oxygens (including phenoxy) is 2. The molecule has 8 nitrogen and oxygen atoms in total. The van der Waals surface area contributed by atoms with E-state index in [-0.39, 0.29) is 86.7 Å². The molecule has 372 valence electrons. The molecule has 0 radical (unpaired) electrons. The van der Waals surface area contributed by atoms with Gasteiger partial charge in [-0.05, 0) is 81.3 Å². The lowest BCUT2D eigenvalue weighted by molar-refractivity contribution is 0.0874. The van der Waals surface area contributed by atoms with Gasteiger partial charge in [0.1, 0.15) is 34.4 Å². The second-order valence-corrected chi connectivity index (χ2v) is 19.9. The topological polar surface area (TPSA) is 93.2 Å². The summed E-state index contributed by atoms with van der Waals surface area (Å²) in [7, 11) is 0. The molecule has 0 spiro atoms. The van der Waals surface area contributed by atoms with Crippen LogP contribution in [0, 0.1) is 58.2 Å². The van der Waals surface area contributed by atoms with Crippen molar-refractivity contribution in [2.45, 2.75) is 52.4 Å². The lowest BCUT2D eigenvalue weighted by Crippen LogP contribution is -2.42. The molecule has 0 bridgehead atoms. The van der Waals surface area contributed by atoms with Crippen molar-refractivity contribution >= 4 is 78.1 Å². The van der Waals surface area contributed by atoms with Crippen LogP contribution in [0.2, 0.25) is 0 Å². The Morgan fingerprint density at radius 2 is 0.622 bits per heavy atom. The fraction of sp³-hybridized carbons (Fsp3) is 0.143. The first-order valence-corrected chi connectivity index (χ1v) is 22.5. The van der Waals surface area contributed by atoms with Crippen LogP contribution in [0.15, 0.2) is 84.9 Å². The van der Waals surface area contributed by atoms with Gasteiger partial charge in [-0.2, -0.15) is 0 Å². The van der Waals surface area contributed by atoms with Crippen molar-refractivity contribution in [2.75, 3.05) is 9.80 Å². The van der Waals surface area contributed by atoms with Crippen LogP contribution in [-0.4, -0.2) is 23.6 Å². The molecular weight excluding hydrogens is 987 g/mol. The molecule has 0 unspecified atom stereocenters. The molecule has 9 aromatic rings. The molecule has 0 aromatic heterocycles. The number of nitrogens with zero attached hydrogens (tertiary/aromatic N) is 2. The van der Waals surface area contributed by atoms with Crippen LogP contribution in [-0.2, 0) is 10.8 Å². The molecule has 0 atom stereocenters. The van der Waals surface area contributed by atoms with Crippen molar-refractivity contribution in [3.63, 3.8) is 0 Å². The van der Waals surface area contributed by atoms with Gasteiger partial charge in [0.25, 0.3) is 23.6 Å². The van der Waals surface area contributed by atoms with Crippen LogP contribution < -0.4 is 19.3 Å². The molecule has 0 aliphatic carbocycles. The maximum atomic E-state index is 15.6. The highest BCUT2D eigenvalue weighted by Crippen LogP contribution is 2.54. The zero-order chi connectivity index (χ0) is 53.1. The maximum Gasteiger partial charge on any atom is 0.266 e. The van der Waals surface area contributed by atoms with Crippen LogP contribution >= 0.6 is 0 Å². The Hall–Kier alpha value is -8.54. The van der Waals surface area contributed by atoms with E-state index in [1.165, 1.54) is 12.1 Å². The van der Waals surface area contributed by atoms with Crippen LogP contribution in [0.25, 0.3) is 43.1 Å². The van der Waals surface area contributed by atoms with Crippen LogP contribution in [0.5, 0.6) is 23.0 Å². The van der Waals surface area contributed by atoms with E-state index in [9.17, 15) is 45.5 Å². The smallest absolute Gasteiger partial charge is 0.266 e. The van der Waals surface area contributed by atoms with E-state index in [0.29, 0.717) is 0 Å². The first-order chi connectivity index (χ1) is 34.8. The summed E-state index contributed by atoms with van der Waals surface area (Å²) in [6.45, 7) is 11.7. The van der Waals surface area contributed by atoms with E-state index in [2.05, 4.69) is 0 Å². The number of halogens is 10. The first kappa shape index (κ1) is 47.8. The van der Waals surface area contributed by atoms with Gasteiger partial charge in [-0.1, -0.05) is 77.9 Å². The predicted molar refractivity (Wildman–Crippen MR) is 253 cm³/mol. The minimum absolute atomic E-state index is 0.0278. The number of hydrogen-bond acceptors (Lipinski definition) is 6. The molecule has 4 amide bonds. The van der Waals surface area contributed by atoms with Crippen molar-refractivity contribution in [3.8, 4) is 23.0 Å². The van der Waals surface area contributed by atoms with E-state index < -0.39 is 115 Å². The van der Waals surface area contributed by atoms with E-state index in [0.717, 1.165) is 35.4 Å². The molecular formula is C56H32F10N2O6. The third-order valence-corrected chi connectivity index (χ3v) is 13.5. The monoisotopic (exact) mass is 1020 g/mol. The molecule has 2 heterocycles. The molecule has 9 aromatic carbocycles. The lowest BCUT2D eigenvalue weighted by Gasteiger charge is -2.31. The van der Waals surface area contributed by atoms with Gasteiger partial charge in [0, 0.05) is 43.4 Å². The summed E-state index contributed by atoms with van der Waals surface area (Å²) in [5.41, 5.74) is -4.58. The zero-order valence-corrected chi connectivity index (χ0v) is 39.2. The summed E-state index contributed by atoms with van der Waals surface area (Å²) in [5, 5.41) is -0.00882. The van der Waals surface area contributed by atoms with Crippen molar-refractivity contribution in [1.29, 1.82) is 0 Å². The number of amides is 4. The molecule has 74 heavy (non-hydrogen) atoms. The Bertz CT molecular complexity index is 3750. The van der Waals surface area contributed by atoms with Crippen LogP contribution in [0.4, 0.5) is 55.3 Å². The summed E-state index contributed by atoms with van der Waals surface area (Å²) in [6.07, 6.45) is 0. The SMILES string of the molecule is CC(C)(C)c1ccc(Oc2cc3c4c(ccc5c6c(Oc7ccc(C(C)(C)C)cc7)cc7c8c(ccc(c2c45)c86)C(=O)N(c2c(F)c(F)c(F)c(F)c2F)C7=O)C(=O)N(c2c(F)c(F)c(F)c(F)c2F)C3=O)cc1. The van der Waals surface area contributed by atoms with Gasteiger partial charge in [-0.25, -0.2) is 53.7 Å². The minimum atomic E-state index is -2.54. The molecule has 11 rings (SSSR count). The number of hydrogen-bond donors (Lipinski definition) is 0. The van der Waals surface area contributed by atoms with Crippen LogP contribution in [0.1, 0.15) is 94.1 Å². The third-order valence-electron chi connectivity index (χ3n) is 13.5. The second kappa shape index (κ2) is 16.0. The van der Waals surface area contributed by atoms with E-state index in [1.807, 2.05) is 41.5 Å². The Labute approximate surface area is 411 Å². The van der Waals surface area contributed by atoms with E-state index >= 15 is 17.6 Å². The lowest BCUT2D eigenvalue weighted by atomic mass is 9.81. The zero-order valence-electron chi connectivity index (χ0n) is 39.2. The van der Waals surface area contributed by atoms with Gasteiger partial charge in [0.15, 0.2) is 46.5 Å². The number of anilines is 2. The third kappa shape index (κ3) is 6.61. The highest BCUT2D eigenvalue weighted by molar-refractivity contribution is 6.46. The molecule has 2 aliphatic rings. The molecule has 0 fully saturated rings. The molecule has 0 saturated heterocycles. The molecule has 0 saturated carbocycles. The number of fused-ring (bicyclic) bond motifs is 2. The molecule has 0 N–H and O–H groups in total. The number of rotatable bonds is 6. The minimum Gasteiger partial charge on any atom is -0.457 e. The summed E-state index contributed by atoms with van der Waals surface area (Å²) in [6, 6.07) is 20.4. The quantitative estimate of drug-likeness (QED) is 0.0411. The first-order valence-electron chi connectivity index (χ1n) is 22.5. The number of carbonyl (C=O) groups is 4. The van der Waals surface area contributed by atoms with Gasteiger partial charge < -0.3 is 9.47 Å². The largest absolute Gasteiger partial charge is 0.457 e. The maximum absolute atomic E-state index is 15.6. The average molecular weight is 1020 g/mol. The Balaban J connectivity index is 1.26. The predicted octanol–water partition coefficient (Wildman–Crippen LogP) is 14.9.